The number of benzene rings is 2. The lowest BCUT2D eigenvalue weighted by Crippen LogP contribution is -2.31. The van der Waals surface area contributed by atoms with Crippen LogP contribution in [0, 0.1) is 0 Å². The number of fused-ring (bicyclic) bond motifs is 2. The largest absolute Gasteiger partial charge is 0.454 e. The molecule has 0 atom stereocenters. The van der Waals surface area contributed by atoms with Crippen LogP contribution in [0.1, 0.15) is 5.56 Å². The summed E-state index contributed by atoms with van der Waals surface area (Å²) in [6.07, 6.45) is 1.41. The first-order valence-electron chi connectivity index (χ1n) is 9.47. The number of ether oxygens (including phenoxy) is 2. The number of hydrogen-bond donors (Lipinski definition) is 1. The minimum absolute atomic E-state index is 0.111. The molecule has 7 nitrogen and oxygen atoms in total. The van der Waals surface area contributed by atoms with Gasteiger partial charge in [0.05, 0.1) is 11.8 Å². The van der Waals surface area contributed by atoms with E-state index in [9.17, 15) is 9.59 Å². The summed E-state index contributed by atoms with van der Waals surface area (Å²) in [5.41, 5.74) is 2.20. The predicted molar refractivity (Wildman–Crippen MR) is 119 cm³/mol. The normalized spacial score (nSPS) is 12.3. The molecule has 0 saturated heterocycles. The van der Waals surface area contributed by atoms with E-state index in [4.69, 9.17) is 21.1 Å². The summed E-state index contributed by atoms with van der Waals surface area (Å²) in [5, 5.41) is 3.47. The van der Waals surface area contributed by atoms with E-state index in [0.29, 0.717) is 33.3 Å². The van der Waals surface area contributed by atoms with Crippen LogP contribution >= 0.6 is 22.9 Å². The minimum Gasteiger partial charge on any atom is -0.454 e. The van der Waals surface area contributed by atoms with Gasteiger partial charge in [-0.25, -0.2) is 4.98 Å². The SMILES string of the molecule is O=C(Cn1cnc2cc(-c3ccc(Cl)cc3)sc2c1=O)NCc1ccc2c(c1)OCO2. The highest BCUT2D eigenvalue weighted by molar-refractivity contribution is 7.22. The van der Waals surface area contributed by atoms with Crippen molar-refractivity contribution in [2.24, 2.45) is 0 Å². The fourth-order valence-corrected chi connectivity index (χ4v) is 4.47. The molecule has 1 aliphatic rings. The van der Waals surface area contributed by atoms with Gasteiger partial charge in [0.25, 0.3) is 5.56 Å². The van der Waals surface area contributed by atoms with Crippen molar-refractivity contribution in [2.75, 3.05) is 6.79 Å². The van der Waals surface area contributed by atoms with Gasteiger partial charge in [-0.1, -0.05) is 29.8 Å². The zero-order valence-electron chi connectivity index (χ0n) is 16.1. The quantitative estimate of drug-likeness (QED) is 0.496. The number of rotatable bonds is 5. The van der Waals surface area contributed by atoms with Crippen molar-refractivity contribution >= 4 is 39.1 Å². The number of nitrogens with one attached hydrogen (secondary N) is 1. The average Bonchev–Trinajstić information content (AvgIpc) is 3.42. The van der Waals surface area contributed by atoms with Crippen LogP contribution in [0.4, 0.5) is 0 Å². The molecule has 0 fully saturated rings. The topological polar surface area (TPSA) is 82.5 Å². The van der Waals surface area contributed by atoms with Crippen molar-refractivity contribution in [2.45, 2.75) is 13.1 Å². The van der Waals surface area contributed by atoms with E-state index in [2.05, 4.69) is 10.3 Å². The lowest BCUT2D eigenvalue weighted by Gasteiger charge is -2.08. The van der Waals surface area contributed by atoms with Gasteiger partial charge >= 0.3 is 0 Å². The van der Waals surface area contributed by atoms with E-state index in [0.717, 1.165) is 16.0 Å². The highest BCUT2D eigenvalue weighted by atomic mass is 35.5. The molecule has 1 N–H and O–H groups in total. The molecule has 0 unspecified atom stereocenters. The molecule has 0 spiro atoms. The second-order valence-electron chi connectivity index (χ2n) is 6.97. The Morgan fingerprint density at radius 2 is 1.94 bits per heavy atom. The molecule has 2 aromatic heterocycles. The molecule has 0 bridgehead atoms. The summed E-state index contributed by atoms with van der Waals surface area (Å²) in [7, 11) is 0. The molecule has 0 radical (unpaired) electrons. The number of hydrogen-bond acceptors (Lipinski definition) is 6. The Labute approximate surface area is 185 Å². The molecule has 3 heterocycles. The third kappa shape index (κ3) is 3.99. The maximum atomic E-state index is 12.9. The summed E-state index contributed by atoms with van der Waals surface area (Å²) >= 11 is 7.30. The highest BCUT2D eigenvalue weighted by Crippen LogP contribution is 2.33. The molecule has 9 heteroatoms. The van der Waals surface area contributed by atoms with E-state index in [1.54, 1.807) is 18.2 Å². The zero-order chi connectivity index (χ0) is 21.4. The molecule has 2 aromatic carbocycles. The number of halogens is 1. The Morgan fingerprint density at radius 3 is 2.77 bits per heavy atom. The number of thiophene rings is 1. The first kappa shape index (κ1) is 19.6. The summed E-state index contributed by atoms with van der Waals surface area (Å²) in [6, 6.07) is 14.8. The lowest BCUT2D eigenvalue weighted by molar-refractivity contribution is -0.121. The molecule has 1 aliphatic heterocycles. The van der Waals surface area contributed by atoms with Crippen LogP contribution < -0.4 is 20.3 Å². The van der Waals surface area contributed by atoms with Gasteiger partial charge in [0.2, 0.25) is 12.7 Å². The fourth-order valence-electron chi connectivity index (χ4n) is 3.28. The molecular formula is C22H16ClN3O4S. The summed E-state index contributed by atoms with van der Waals surface area (Å²) in [6.45, 7) is 0.409. The number of carbonyl (C=O) groups excluding carboxylic acids is 1. The molecular weight excluding hydrogens is 438 g/mol. The Balaban J connectivity index is 1.30. The zero-order valence-corrected chi connectivity index (χ0v) is 17.7. The Bertz CT molecular complexity index is 1350. The maximum Gasteiger partial charge on any atom is 0.271 e. The van der Waals surface area contributed by atoms with Gasteiger partial charge in [0, 0.05) is 16.4 Å². The summed E-state index contributed by atoms with van der Waals surface area (Å²) in [4.78, 5) is 30.5. The van der Waals surface area contributed by atoms with Crippen molar-refractivity contribution in [3.63, 3.8) is 0 Å². The van der Waals surface area contributed by atoms with Gasteiger partial charge in [-0.3, -0.25) is 14.2 Å². The maximum absolute atomic E-state index is 12.9. The molecule has 0 aliphatic carbocycles. The summed E-state index contributed by atoms with van der Waals surface area (Å²) in [5.74, 6) is 1.07. The molecule has 156 valence electrons. The van der Waals surface area contributed by atoms with E-state index in [1.807, 2.05) is 30.3 Å². The van der Waals surface area contributed by atoms with Crippen LogP contribution in [0.15, 0.2) is 59.7 Å². The first-order valence-corrected chi connectivity index (χ1v) is 10.7. The van der Waals surface area contributed by atoms with Crippen molar-refractivity contribution in [1.82, 2.24) is 14.9 Å². The van der Waals surface area contributed by atoms with Gasteiger partial charge in [0.15, 0.2) is 11.5 Å². The molecule has 4 aromatic rings. The Hall–Kier alpha value is -3.36. The molecule has 31 heavy (non-hydrogen) atoms. The standard InChI is InChI=1S/C22H16ClN3O4S/c23-15-4-2-14(3-5-15)19-8-16-21(31-19)22(28)26(11-25-16)10-20(27)24-9-13-1-6-17-18(7-13)30-12-29-17/h1-8,11H,9-10,12H2,(H,24,27). The minimum atomic E-state index is -0.282. The van der Waals surface area contributed by atoms with Crippen LogP contribution in [0.5, 0.6) is 11.5 Å². The van der Waals surface area contributed by atoms with Gasteiger partial charge in [0.1, 0.15) is 11.2 Å². The Kier molecular flexibility index (Phi) is 5.09. The van der Waals surface area contributed by atoms with Gasteiger partial charge in [-0.05, 0) is 41.5 Å². The van der Waals surface area contributed by atoms with Crippen LogP contribution in [-0.4, -0.2) is 22.3 Å². The highest BCUT2D eigenvalue weighted by Gasteiger charge is 2.15. The van der Waals surface area contributed by atoms with E-state index < -0.39 is 0 Å². The van der Waals surface area contributed by atoms with E-state index in [-0.39, 0.29) is 24.8 Å². The van der Waals surface area contributed by atoms with E-state index in [1.165, 1.54) is 22.2 Å². The van der Waals surface area contributed by atoms with Crippen LogP contribution in [0.3, 0.4) is 0 Å². The van der Waals surface area contributed by atoms with Gasteiger partial charge in [-0.2, -0.15) is 0 Å². The van der Waals surface area contributed by atoms with Crippen LogP contribution in [-0.2, 0) is 17.9 Å². The number of aromatic nitrogens is 2. The predicted octanol–water partition coefficient (Wildman–Crippen LogP) is 3.82. The molecule has 5 rings (SSSR count). The molecule has 0 saturated carbocycles. The van der Waals surface area contributed by atoms with Crippen LogP contribution in [0.25, 0.3) is 20.7 Å². The third-order valence-corrected chi connectivity index (χ3v) is 6.29. The smallest absolute Gasteiger partial charge is 0.271 e. The van der Waals surface area contributed by atoms with Crippen molar-refractivity contribution in [1.29, 1.82) is 0 Å². The Morgan fingerprint density at radius 1 is 1.13 bits per heavy atom. The monoisotopic (exact) mass is 453 g/mol. The first-order chi connectivity index (χ1) is 15.1. The number of carbonyl (C=O) groups is 1. The van der Waals surface area contributed by atoms with Crippen molar-refractivity contribution in [3.05, 3.63) is 75.8 Å². The average molecular weight is 454 g/mol. The van der Waals surface area contributed by atoms with Crippen molar-refractivity contribution < 1.29 is 14.3 Å². The fraction of sp³-hybridized carbons (Fsp3) is 0.136. The summed E-state index contributed by atoms with van der Waals surface area (Å²) < 4.78 is 12.5. The number of nitrogens with zero attached hydrogens (tertiary/aromatic N) is 2. The van der Waals surface area contributed by atoms with E-state index >= 15 is 0 Å². The van der Waals surface area contributed by atoms with Crippen LogP contribution in [0.2, 0.25) is 5.02 Å². The van der Waals surface area contributed by atoms with Gasteiger partial charge in [-0.15, -0.1) is 11.3 Å². The second kappa shape index (κ2) is 8.05. The molecule has 1 amide bonds. The lowest BCUT2D eigenvalue weighted by atomic mass is 10.2. The number of amides is 1. The van der Waals surface area contributed by atoms with Crippen molar-refractivity contribution in [3.8, 4) is 21.9 Å². The third-order valence-electron chi connectivity index (χ3n) is 4.87. The van der Waals surface area contributed by atoms with Gasteiger partial charge < -0.3 is 14.8 Å². The second-order valence-corrected chi connectivity index (χ2v) is 8.46.